The van der Waals surface area contributed by atoms with Crippen LogP contribution < -0.4 is 15.4 Å². The average molecular weight is 404 g/mol. The molecule has 3 rings (SSSR count). The maximum atomic E-state index is 12.6. The van der Waals surface area contributed by atoms with Crippen LogP contribution in [0.1, 0.15) is 23.0 Å². The molecule has 3 aromatic rings. The molecular weight excluding hydrogens is 386 g/mol. The number of likely N-dealkylation sites (N-methyl/N-ethyl adjacent to an activating group) is 1. The van der Waals surface area contributed by atoms with E-state index in [-0.39, 0.29) is 11.8 Å². The lowest BCUT2D eigenvalue weighted by molar-refractivity contribution is -0.122. The number of pyridine rings is 1. The average Bonchev–Trinajstić information content (AvgIpc) is 3.12. The number of amides is 2. The Morgan fingerprint density at radius 2 is 2.00 bits per heavy atom. The first kappa shape index (κ1) is 19.1. The van der Waals surface area contributed by atoms with Gasteiger partial charge in [0.1, 0.15) is 11.8 Å². The van der Waals surface area contributed by atoms with Crippen molar-refractivity contribution in [3.05, 3.63) is 52.6 Å². The highest BCUT2D eigenvalue weighted by Crippen LogP contribution is 2.34. The summed E-state index contributed by atoms with van der Waals surface area (Å²) in [7, 11) is 1.54. The van der Waals surface area contributed by atoms with E-state index >= 15 is 0 Å². The molecule has 1 atom stereocenters. The predicted molar refractivity (Wildman–Crippen MR) is 107 cm³/mol. The number of rotatable bonds is 6. The van der Waals surface area contributed by atoms with Crippen molar-refractivity contribution in [1.29, 1.82) is 0 Å². The number of thiophene rings is 1. The molecule has 6 nitrogen and oxygen atoms in total. The van der Waals surface area contributed by atoms with Gasteiger partial charge in [0.05, 0.1) is 15.8 Å². The number of halogens is 1. The normalized spacial score (nSPS) is 11.8. The lowest BCUT2D eigenvalue weighted by atomic mass is 10.2. The van der Waals surface area contributed by atoms with E-state index in [1.807, 2.05) is 6.92 Å². The third kappa shape index (κ3) is 4.37. The van der Waals surface area contributed by atoms with Crippen molar-refractivity contribution in [3.8, 4) is 11.5 Å². The molecule has 140 valence electrons. The predicted octanol–water partition coefficient (Wildman–Crippen LogP) is 4.00. The Labute approximate surface area is 165 Å². The molecular formula is C19H18ClN3O3S. The molecule has 2 amide bonds. The molecule has 0 radical (unpaired) electrons. The summed E-state index contributed by atoms with van der Waals surface area (Å²) >= 11 is 7.19. The molecule has 27 heavy (non-hydrogen) atoms. The molecule has 2 heterocycles. The number of carbonyl (C=O) groups is 2. The van der Waals surface area contributed by atoms with E-state index in [0.29, 0.717) is 27.8 Å². The summed E-state index contributed by atoms with van der Waals surface area (Å²) in [6, 6.07) is 8.17. The highest BCUT2D eigenvalue weighted by Gasteiger charge is 2.20. The van der Waals surface area contributed by atoms with Gasteiger partial charge in [0.2, 0.25) is 5.91 Å². The minimum atomic E-state index is -0.573. The Balaban J connectivity index is 1.85. The van der Waals surface area contributed by atoms with Gasteiger partial charge in [0.25, 0.3) is 5.91 Å². The van der Waals surface area contributed by atoms with Crippen LogP contribution in [0.4, 0.5) is 0 Å². The summed E-state index contributed by atoms with van der Waals surface area (Å²) in [4.78, 5) is 29.0. The van der Waals surface area contributed by atoms with Crippen molar-refractivity contribution in [2.24, 2.45) is 0 Å². The number of benzene rings is 1. The highest BCUT2D eigenvalue weighted by atomic mass is 35.5. The molecule has 0 aliphatic rings. The molecule has 8 heteroatoms. The van der Waals surface area contributed by atoms with Gasteiger partial charge in [-0.25, -0.2) is 0 Å². The first-order chi connectivity index (χ1) is 13.0. The second kappa shape index (κ2) is 8.37. The fourth-order valence-corrected chi connectivity index (χ4v) is 3.59. The Hall–Kier alpha value is -2.64. The number of aromatic nitrogens is 1. The summed E-state index contributed by atoms with van der Waals surface area (Å²) in [6.45, 7) is 1.84. The third-order valence-corrected chi connectivity index (χ3v) is 5.27. The zero-order valence-corrected chi connectivity index (χ0v) is 16.4. The van der Waals surface area contributed by atoms with E-state index in [4.69, 9.17) is 16.3 Å². The Bertz CT molecular complexity index is 972. The largest absolute Gasteiger partial charge is 0.455 e. The minimum absolute atomic E-state index is 0.222. The van der Waals surface area contributed by atoms with Crippen molar-refractivity contribution in [1.82, 2.24) is 15.6 Å². The van der Waals surface area contributed by atoms with Crippen LogP contribution in [0.5, 0.6) is 11.5 Å². The van der Waals surface area contributed by atoms with E-state index < -0.39 is 6.04 Å². The number of hydrogen-bond donors (Lipinski definition) is 2. The van der Waals surface area contributed by atoms with Crippen molar-refractivity contribution in [3.63, 3.8) is 0 Å². The van der Waals surface area contributed by atoms with E-state index in [1.54, 1.807) is 49.8 Å². The van der Waals surface area contributed by atoms with Crippen molar-refractivity contribution in [2.45, 2.75) is 19.4 Å². The summed E-state index contributed by atoms with van der Waals surface area (Å²) < 4.78 is 6.71. The summed E-state index contributed by atoms with van der Waals surface area (Å²) in [6.07, 6.45) is 3.79. The summed E-state index contributed by atoms with van der Waals surface area (Å²) in [5, 5.41) is 6.70. The molecule has 0 aliphatic heterocycles. The van der Waals surface area contributed by atoms with Crippen molar-refractivity contribution in [2.75, 3.05) is 7.05 Å². The van der Waals surface area contributed by atoms with E-state index in [2.05, 4.69) is 15.6 Å². The maximum absolute atomic E-state index is 12.6. The molecule has 0 unspecified atom stereocenters. The zero-order valence-electron chi connectivity index (χ0n) is 14.8. The first-order valence-electron chi connectivity index (χ1n) is 8.35. The number of hydrogen-bond acceptors (Lipinski definition) is 5. The second-order valence-electron chi connectivity index (χ2n) is 5.76. The molecule has 1 aromatic carbocycles. The van der Waals surface area contributed by atoms with Gasteiger partial charge in [-0.15, -0.1) is 11.3 Å². The van der Waals surface area contributed by atoms with Crippen LogP contribution in [0, 0.1) is 0 Å². The number of fused-ring (bicyclic) bond motifs is 1. The summed E-state index contributed by atoms with van der Waals surface area (Å²) in [5.41, 5.74) is 0. The molecule has 0 spiro atoms. The van der Waals surface area contributed by atoms with Crippen LogP contribution in [0.25, 0.3) is 10.1 Å². The van der Waals surface area contributed by atoms with Gasteiger partial charge in [0, 0.05) is 23.7 Å². The van der Waals surface area contributed by atoms with Gasteiger partial charge in [0.15, 0.2) is 5.75 Å². The number of nitrogens with zero attached hydrogens (tertiary/aromatic N) is 1. The fourth-order valence-electron chi connectivity index (χ4n) is 2.52. The van der Waals surface area contributed by atoms with Gasteiger partial charge >= 0.3 is 0 Å². The van der Waals surface area contributed by atoms with Crippen LogP contribution >= 0.6 is 22.9 Å². The van der Waals surface area contributed by atoms with Gasteiger partial charge in [-0.05, 0) is 36.8 Å². The number of ether oxygens (including phenoxy) is 1. The van der Waals surface area contributed by atoms with Crippen LogP contribution in [-0.2, 0) is 4.79 Å². The molecule has 0 fully saturated rings. The van der Waals surface area contributed by atoms with Gasteiger partial charge in [-0.2, -0.15) is 0 Å². The number of carbonyl (C=O) groups excluding carboxylic acids is 2. The fraction of sp³-hybridized carbons (Fsp3) is 0.211. The molecule has 0 saturated heterocycles. The lowest BCUT2D eigenvalue weighted by Gasteiger charge is -2.14. The minimum Gasteiger partial charge on any atom is -0.455 e. The molecule has 0 aliphatic carbocycles. The van der Waals surface area contributed by atoms with Gasteiger partial charge in [-0.1, -0.05) is 18.5 Å². The molecule has 0 bridgehead atoms. The highest BCUT2D eigenvalue weighted by molar-refractivity contribution is 7.20. The molecule has 0 saturated carbocycles. The van der Waals surface area contributed by atoms with Crippen LogP contribution in [0.3, 0.4) is 0 Å². The van der Waals surface area contributed by atoms with E-state index in [9.17, 15) is 9.59 Å². The Morgan fingerprint density at radius 1 is 1.26 bits per heavy atom. The monoisotopic (exact) mass is 403 g/mol. The van der Waals surface area contributed by atoms with Gasteiger partial charge in [-0.3, -0.25) is 14.6 Å². The van der Waals surface area contributed by atoms with Crippen LogP contribution in [0.15, 0.2) is 42.7 Å². The van der Waals surface area contributed by atoms with Crippen molar-refractivity contribution < 1.29 is 14.3 Å². The standard InChI is InChI=1S/C19H18ClN3O3S/c1-3-14(18(24)21-2)23-19(25)16-8-13-15(9-22-10-17(13)27-16)26-12-6-4-11(20)5-7-12/h4-10,14H,3H2,1-2H3,(H,21,24)(H,23,25)/t14-/m1/s1. The first-order valence-corrected chi connectivity index (χ1v) is 9.54. The zero-order chi connectivity index (χ0) is 19.4. The van der Waals surface area contributed by atoms with Gasteiger partial charge < -0.3 is 15.4 Å². The van der Waals surface area contributed by atoms with E-state index in [1.165, 1.54) is 11.3 Å². The SMILES string of the molecule is CC[C@@H](NC(=O)c1cc2c(Oc3ccc(Cl)cc3)cncc2s1)C(=O)NC. The van der Waals surface area contributed by atoms with Crippen molar-refractivity contribution >= 4 is 44.8 Å². The molecule has 2 aromatic heterocycles. The van der Waals surface area contributed by atoms with Crippen LogP contribution in [0.2, 0.25) is 5.02 Å². The third-order valence-electron chi connectivity index (χ3n) is 3.95. The smallest absolute Gasteiger partial charge is 0.262 e. The Morgan fingerprint density at radius 3 is 2.67 bits per heavy atom. The van der Waals surface area contributed by atoms with Crippen LogP contribution in [-0.4, -0.2) is 29.9 Å². The lowest BCUT2D eigenvalue weighted by Crippen LogP contribution is -2.45. The Kier molecular flexibility index (Phi) is 5.93. The second-order valence-corrected chi connectivity index (χ2v) is 7.28. The van der Waals surface area contributed by atoms with E-state index in [0.717, 1.165) is 10.1 Å². The quantitative estimate of drug-likeness (QED) is 0.652. The topological polar surface area (TPSA) is 80.3 Å². The maximum Gasteiger partial charge on any atom is 0.262 e. The molecule has 2 N–H and O–H groups in total. The summed E-state index contributed by atoms with van der Waals surface area (Å²) in [5.74, 6) is 0.643. The number of nitrogens with one attached hydrogen (secondary N) is 2.